The second-order valence-corrected chi connectivity index (χ2v) is 7.61. The van der Waals surface area contributed by atoms with E-state index in [1.54, 1.807) is 36.4 Å². The molecule has 0 fully saturated rings. The van der Waals surface area contributed by atoms with E-state index in [-0.39, 0.29) is 17.1 Å². The van der Waals surface area contributed by atoms with Crippen molar-refractivity contribution in [3.05, 3.63) is 84.7 Å². The number of carbonyl (C=O) groups excluding carboxylic acids is 3. The number of carbonyl (C=O) groups is 3. The molecule has 0 spiro atoms. The number of aromatic nitrogens is 2. The number of phenolic OH excluding ortho intramolecular Hbond substituents is 2. The van der Waals surface area contributed by atoms with Gasteiger partial charge in [0.25, 0.3) is 0 Å². The van der Waals surface area contributed by atoms with Crippen LogP contribution in [0.15, 0.2) is 73.1 Å². The number of para-hydroxylation sites is 2. The normalized spacial score (nSPS) is 9.20. The molecule has 0 saturated carbocycles. The van der Waals surface area contributed by atoms with Crippen molar-refractivity contribution in [2.45, 2.75) is 20.8 Å². The largest absolute Gasteiger partial charge is 3.00 e. The molecule has 10 nitrogen and oxygen atoms in total. The van der Waals surface area contributed by atoms with E-state index in [9.17, 15) is 19.0 Å². The van der Waals surface area contributed by atoms with Crippen LogP contribution >= 0.6 is 0 Å². The van der Waals surface area contributed by atoms with Gasteiger partial charge in [-0.3, -0.25) is 9.97 Å². The molecule has 0 unspecified atom stereocenters. The zero-order valence-corrected chi connectivity index (χ0v) is 23.0. The van der Waals surface area contributed by atoms with Crippen molar-refractivity contribution in [1.82, 2.24) is 9.97 Å². The summed E-state index contributed by atoms with van der Waals surface area (Å²) in [4.78, 5) is 35.3. The van der Waals surface area contributed by atoms with Crippen LogP contribution in [0.4, 0.5) is 8.78 Å². The van der Waals surface area contributed by atoms with Crippen LogP contribution in [0.5, 0.6) is 11.5 Å². The van der Waals surface area contributed by atoms with Gasteiger partial charge in [0.2, 0.25) is 0 Å². The van der Waals surface area contributed by atoms with Crippen molar-refractivity contribution in [1.29, 1.82) is 0 Å². The summed E-state index contributed by atoms with van der Waals surface area (Å²) in [6.45, 7) is 2.92. The molecule has 13 heteroatoms. The quantitative estimate of drug-likeness (QED) is 0.322. The summed E-state index contributed by atoms with van der Waals surface area (Å²) in [5.41, 5.74) is 3.00. The Morgan fingerprint density at radius 1 is 0.610 bits per heavy atom. The van der Waals surface area contributed by atoms with Gasteiger partial charge < -0.3 is 39.9 Å². The minimum absolute atomic E-state index is 0. The Balaban J connectivity index is 0.00000105. The summed E-state index contributed by atoms with van der Waals surface area (Å²) in [6, 6.07) is 15.4. The number of rotatable bonds is 3. The first-order chi connectivity index (χ1) is 18.7. The molecule has 2 aromatic carbocycles. The van der Waals surface area contributed by atoms with Crippen molar-refractivity contribution < 1.29 is 65.8 Å². The fourth-order valence-corrected chi connectivity index (χ4v) is 2.91. The molecule has 0 bridgehead atoms. The molecule has 0 aliphatic carbocycles. The van der Waals surface area contributed by atoms with Gasteiger partial charge in [-0.05, 0) is 45.0 Å². The van der Waals surface area contributed by atoms with Crippen LogP contribution in [0.2, 0.25) is 0 Å². The molecule has 4 rings (SSSR count). The molecule has 2 heterocycles. The van der Waals surface area contributed by atoms with Crippen LogP contribution in [0.3, 0.4) is 0 Å². The zero-order valence-electron chi connectivity index (χ0n) is 21.8. The number of halogens is 2. The Labute approximate surface area is 244 Å². The predicted octanol–water partition coefficient (Wildman–Crippen LogP) is 1.43. The molecular formula is C28H23F2MnN2O8. The van der Waals surface area contributed by atoms with E-state index in [4.69, 9.17) is 29.7 Å². The summed E-state index contributed by atoms with van der Waals surface area (Å²) in [5.74, 6) is -5.48. The van der Waals surface area contributed by atoms with E-state index >= 15 is 0 Å². The van der Waals surface area contributed by atoms with Gasteiger partial charge in [-0.15, -0.1) is 0 Å². The number of benzene rings is 2. The maximum Gasteiger partial charge on any atom is 3.00 e. The van der Waals surface area contributed by atoms with Crippen molar-refractivity contribution in [3.8, 4) is 45.1 Å². The Morgan fingerprint density at radius 3 is 1.15 bits per heavy atom. The van der Waals surface area contributed by atoms with E-state index in [2.05, 4.69) is 9.97 Å². The third-order valence-corrected chi connectivity index (χ3v) is 4.38. The Kier molecular flexibility index (Phi) is 15.6. The van der Waals surface area contributed by atoms with Gasteiger partial charge in [-0.25, -0.2) is 8.78 Å². The number of phenols is 2. The molecule has 0 amide bonds. The van der Waals surface area contributed by atoms with E-state index in [0.717, 1.165) is 20.8 Å². The number of aromatic hydroxyl groups is 2. The van der Waals surface area contributed by atoms with Crippen LogP contribution in [-0.4, -0.2) is 38.1 Å². The number of aliphatic carboxylic acids is 3. The number of carboxylic acid groups (broad SMARTS) is 3. The topological polar surface area (TPSA) is 187 Å². The third kappa shape index (κ3) is 12.7. The molecule has 0 saturated heterocycles. The molecule has 0 aliphatic heterocycles. The Bertz CT molecular complexity index is 1320. The first-order valence-electron chi connectivity index (χ1n) is 11.2. The van der Waals surface area contributed by atoms with Gasteiger partial charge in [-0.1, -0.05) is 36.4 Å². The zero-order chi connectivity index (χ0) is 30.4. The summed E-state index contributed by atoms with van der Waals surface area (Å²) >= 11 is 0. The monoisotopic (exact) mass is 608 g/mol. The summed E-state index contributed by atoms with van der Waals surface area (Å²) < 4.78 is 27.0. The molecule has 0 radical (unpaired) electrons. The Morgan fingerprint density at radius 2 is 0.902 bits per heavy atom. The number of carboxylic acids is 3. The van der Waals surface area contributed by atoms with E-state index in [0.29, 0.717) is 33.6 Å². The maximum atomic E-state index is 13.5. The SMILES string of the molecule is CC(=O)[O-].CC(=O)[O-].CC(=O)[O-].Oc1c(F)cccc1-c1ccc(-c2ccc(-c3cccc(F)c3O)cn2)nc1.[Mn+3]. The van der Waals surface area contributed by atoms with Crippen LogP contribution in [-0.2, 0) is 31.5 Å². The van der Waals surface area contributed by atoms with Crippen molar-refractivity contribution in [3.63, 3.8) is 0 Å². The predicted molar refractivity (Wildman–Crippen MR) is 134 cm³/mol. The van der Waals surface area contributed by atoms with E-state index in [1.807, 2.05) is 0 Å². The van der Waals surface area contributed by atoms with Crippen LogP contribution in [0.1, 0.15) is 20.8 Å². The van der Waals surface area contributed by atoms with Gasteiger partial charge in [0.05, 0.1) is 11.4 Å². The molecule has 2 aromatic heterocycles. The van der Waals surface area contributed by atoms with Crippen molar-refractivity contribution >= 4 is 17.9 Å². The number of nitrogens with zero attached hydrogens (tertiary/aromatic N) is 2. The van der Waals surface area contributed by atoms with E-state index < -0.39 is 41.0 Å². The number of pyridine rings is 2. The second-order valence-electron chi connectivity index (χ2n) is 7.61. The third-order valence-electron chi connectivity index (χ3n) is 4.38. The van der Waals surface area contributed by atoms with Gasteiger partial charge in [0, 0.05) is 52.6 Å². The fraction of sp³-hybridized carbons (Fsp3) is 0.107. The molecule has 0 aliphatic rings. The van der Waals surface area contributed by atoms with Crippen molar-refractivity contribution in [2.24, 2.45) is 0 Å². The van der Waals surface area contributed by atoms with Crippen LogP contribution in [0.25, 0.3) is 33.6 Å². The first kappa shape index (κ1) is 36.1. The average molecular weight is 608 g/mol. The molecule has 41 heavy (non-hydrogen) atoms. The number of hydrogen-bond acceptors (Lipinski definition) is 10. The summed E-state index contributed by atoms with van der Waals surface area (Å²) in [5, 5.41) is 46.4. The second kappa shape index (κ2) is 17.7. The summed E-state index contributed by atoms with van der Waals surface area (Å²) in [7, 11) is 0. The minimum atomic E-state index is -1.08. The fourth-order valence-electron chi connectivity index (χ4n) is 2.91. The molecule has 2 N–H and O–H groups in total. The minimum Gasteiger partial charge on any atom is -0.550 e. The molecular weight excluding hydrogens is 585 g/mol. The standard InChI is InChI=1S/C22H14F2N2O2.3C2H4O2.Mn/c23-17-5-1-3-15(21(17)27)13-7-9-19(25-11-13)20-10-8-14(12-26-20)16-4-2-6-18(24)22(16)28;3*1-2(3)4;/h1-12,27-28H;3*1H3,(H,3,4);/q;;;;+3/p-3. The van der Waals surface area contributed by atoms with Crippen molar-refractivity contribution in [2.75, 3.05) is 0 Å². The number of hydrogen-bond donors (Lipinski definition) is 2. The van der Waals surface area contributed by atoms with Gasteiger partial charge in [0.1, 0.15) is 0 Å². The summed E-state index contributed by atoms with van der Waals surface area (Å²) in [6.07, 6.45) is 3.05. The van der Waals surface area contributed by atoms with Crippen LogP contribution < -0.4 is 15.3 Å². The average Bonchev–Trinajstić information content (AvgIpc) is 2.87. The van der Waals surface area contributed by atoms with Gasteiger partial charge in [-0.2, -0.15) is 0 Å². The molecule has 0 atom stereocenters. The van der Waals surface area contributed by atoms with E-state index in [1.165, 1.54) is 36.7 Å². The van der Waals surface area contributed by atoms with Gasteiger partial charge in [0.15, 0.2) is 23.1 Å². The van der Waals surface area contributed by atoms with Gasteiger partial charge >= 0.3 is 17.1 Å². The van der Waals surface area contributed by atoms with Crippen LogP contribution in [0, 0.1) is 11.6 Å². The molecule has 4 aromatic rings. The smallest absolute Gasteiger partial charge is 0.550 e. The Hall–Kier alpha value is -4.87. The first-order valence-corrected chi connectivity index (χ1v) is 11.2. The molecule has 214 valence electrons. The maximum absolute atomic E-state index is 13.5.